The summed E-state index contributed by atoms with van der Waals surface area (Å²) in [5.41, 5.74) is 7.11. The smallest absolute Gasteiger partial charge is 0.248 e. The van der Waals surface area contributed by atoms with E-state index < -0.39 is 0 Å². The zero-order valence-electron chi connectivity index (χ0n) is 21.3. The minimum atomic E-state index is 0.554. The van der Waals surface area contributed by atoms with Crippen LogP contribution in [0.1, 0.15) is 76.3 Å². The van der Waals surface area contributed by atoms with Gasteiger partial charge >= 0.3 is 0 Å². The van der Waals surface area contributed by atoms with Gasteiger partial charge in [-0.15, -0.1) is 10.2 Å². The van der Waals surface area contributed by atoms with Crippen LogP contribution < -0.4 is 0 Å². The van der Waals surface area contributed by atoms with Crippen LogP contribution >= 0.6 is 0 Å². The molecule has 3 aromatic carbocycles. The number of unbranched alkanes of at least 4 members (excludes halogenated alkanes) is 6. The van der Waals surface area contributed by atoms with E-state index in [1.165, 1.54) is 73.6 Å². The molecule has 0 aliphatic heterocycles. The van der Waals surface area contributed by atoms with Crippen molar-refractivity contribution in [1.82, 2.24) is 10.2 Å². The molecule has 3 nitrogen and oxygen atoms in total. The summed E-state index contributed by atoms with van der Waals surface area (Å²) >= 11 is 0. The van der Waals surface area contributed by atoms with E-state index in [-0.39, 0.29) is 0 Å². The van der Waals surface area contributed by atoms with Gasteiger partial charge in [-0.1, -0.05) is 101 Å². The Labute approximate surface area is 210 Å². The molecule has 4 rings (SSSR count). The first-order chi connectivity index (χ1) is 17.3. The Morgan fingerprint density at radius 2 is 0.829 bits per heavy atom. The SMILES string of the molecule is CCCCCCCc1ccc(-c2nnc(-c3ccc(-c4ccc(CCCCC)cc4)cc3)o2)cc1. The molecule has 0 spiro atoms. The molecule has 35 heavy (non-hydrogen) atoms. The van der Waals surface area contributed by atoms with Crippen LogP contribution in [0.2, 0.25) is 0 Å². The molecule has 0 saturated heterocycles. The first-order valence-corrected chi connectivity index (χ1v) is 13.4. The highest BCUT2D eigenvalue weighted by Gasteiger charge is 2.11. The van der Waals surface area contributed by atoms with Crippen LogP contribution in [0.25, 0.3) is 34.0 Å². The summed E-state index contributed by atoms with van der Waals surface area (Å²) in [6.07, 6.45) is 12.6. The second-order valence-corrected chi connectivity index (χ2v) is 9.50. The first kappa shape index (κ1) is 24.9. The van der Waals surface area contributed by atoms with Gasteiger partial charge in [0.2, 0.25) is 11.8 Å². The molecule has 0 radical (unpaired) electrons. The van der Waals surface area contributed by atoms with Gasteiger partial charge in [0, 0.05) is 11.1 Å². The summed E-state index contributed by atoms with van der Waals surface area (Å²) in [6.45, 7) is 4.50. The Bertz CT molecular complexity index is 1140. The van der Waals surface area contributed by atoms with Crippen LogP contribution in [-0.2, 0) is 12.8 Å². The summed E-state index contributed by atoms with van der Waals surface area (Å²) < 4.78 is 6.01. The van der Waals surface area contributed by atoms with E-state index in [2.05, 4.69) is 96.8 Å². The second-order valence-electron chi connectivity index (χ2n) is 9.50. The van der Waals surface area contributed by atoms with Crippen LogP contribution in [-0.4, -0.2) is 10.2 Å². The van der Waals surface area contributed by atoms with Crippen molar-refractivity contribution in [3.63, 3.8) is 0 Å². The first-order valence-electron chi connectivity index (χ1n) is 13.4. The average molecular weight is 467 g/mol. The highest BCUT2D eigenvalue weighted by molar-refractivity contribution is 5.68. The third-order valence-corrected chi connectivity index (χ3v) is 6.68. The lowest BCUT2D eigenvalue weighted by Crippen LogP contribution is -1.87. The molecular weight excluding hydrogens is 428 g/mol. The molecule has 0 amide bonds. The fourth-order valence-electron chi connectivity index (χ4n) is 4.45. The van der Waals surface area contributed by atoms with Gasteiger partial charge < -0.3 is 4.42 Å². The largest absolute Gasteiger partial charge is 0.416 e. The molecule has 0 saturated carbocycles. The molecule has 0 aliphatic carbocycles. The normalized spacial score (nSPS) is 11.1. The van der Waals surface area contributed by atoms with Crippen molar-refractivity contribution in [2.75, 3.05) is 0 Å². The van der Waals surface area contributed by atoms with Gasteiger partial charge in [0.25, 0.3) is 0 Å². The molecule has 182 valence electrons. The zero-order chi connectivity index (χ0) is 24.3. The van der Waals surface area contributed by atoms with E-state index in [0.717, 1.165) is 24.0 Å². The maximum atomic E-state index is 6.01. The molecule has 0 fully saturated rings. The Hall–Kier alpha value is -3.20. The van der Waals surface area contributed by atoms with Crippen LogP contribution in [0.5, 0.6) is 0 Å². The van der Waals surface area contributed by atoms with Crippen molar-refractivity contribution < 1.29 is 4.42 Å². The molecule has 0 atom stereocenters. The van der Waals surface area contributed by atoms with E-state index >= 15 is 0 Å². The van der Waals surface area contributed by atoms with Gasteiger partial charge in [0.05, 0.1) is 0 Å². The summed E-state index contributed by atoms with van der Waals surface area (Å²) in [4.78, 5) is 0. The molecule has 0 unspecified atom stereocenters. The van der Waals surface area contributed by atoms with Gasteiger partial charge in [-0.3, -0.25) is 0 Å². The molecule has 4 aromatic rings. The van der Waals surface area contributed by atoms with E-state index in [1.54, 1.807) is 0 Å². The number of aromatic nitrogens is 2. The Kier molecular flexibility index (Phi) is 9.28. The topological polar surface area (TPSA) is 38.9 Å². The van der Waals surface area contributed by atoms with Crippen molar-refractivity contribution in [3.8, 4) is 34.0 Å². The number of aryl methyl sites for hydroxylation is 2. The van der Waals surface area contributed by atoms with E-state index in [9.17, 15) is 0 Å². The minimum absolute atomic E-state index is 0.554. The molecule has 1 heterocycles. The van der Waals surface area contributed by atoms with Crippen LogP contribution in [0, 0.1) is 0 Å². The van der Waals surface area contributed by atoms with Gasteiger partial charge in [-0.2, -0.15) is 0 Å². The number of hydrogen-bond donors (Lipinski definition) is 0. The number of rotatable bonds is 13. The second kappa shape index (κ2) is 13.0. The predicted molar refractivity (Wildman–Crippen MR) is 146 cm³/mol. The van der Waals surface area contributed by atoms with E-state index in [4.69, 9.17) is 4.42 Å². The maximum Gasteiger partial charge on any atom is 0.248 e. The third-order valence-electron chi connectivity index (χ3n) is 6.68. The molecule has 0 aliphatic rings. The predicted octanol–water partition coefficient (Wildman–Crippen LogP) is 9.32. The van der Waals surface area contributed by atoms with Crippen LogP contribution in [0.4, 0.5) is 0 Å². The fourth-order valence-corrected chi connectivity index (χ4v) is 4.45. The van der Waals surface area contributed by atoms with Crippen molar-refractivity contribution in [2.24, 2.45) is 0 Å². The van der Waals surface area contributed by atoms with Crippen LogP contribution in [0.15, 0.2) is 77.2 Å². The van der Waals surface area contributed by atoms with Crippen molar-refractivity contribution >= 4 is 0 Å². The Morgan fingerprint density at radius 3 is 1.34 bits per heavy atom. The van der Waals surface area contributed by atoms with Gasteiger partial charge in [-0.25, -0.2) is 0 Å². The third kappa shape index (κ3) is 7.14. The Morgan fingerprint density at radius 1 is 0.457 bits per heavy atom. The van der Waals surface area contributed by atoms with Gasteiger partial charge in [0.15, 0.2) is 0 Å². The van der Waals surface area contributed by atoms with Gasteiger partial charge in [-0.05, 0) is 72.2 Å². The lowest BCUT2D eigenvalue weighted by molar-refractivity contribution is 0.584. The average Bonchev–Trinajstić information content (AvgIpc) is 3.40. The summed E-state index contributed by atoms with van der Waals surface area (Å²) in [6, 6.07) is 25.9. The van der Waals surface area contributed by atoms with E-state index in [0.29, 0.717) is 11.8 Å². The summed E-state index contributed by atoms with van der Waals surface area (Å²) in [5, 5.41) is 8.59. The molecule has 0 bridgehead atoms. The fraction of sp³-hybridized carbons (Fsp3) is 0.375. The zero-order valence-corrected chi connectivity index (χ0v) is 21.3. The van der Waals surface area contributed by atoms with Crippen molar-refractivity contribution in [2.45, 2.75) is 78.1 Å². The lowest BCUT2D eigenvalue weighted by atomic mass is 10.0. The minimum Gasteiger partial charge on any atom is -0.416 e. The van der Waals surface area contributed by atoms with E-state index in [1.807, 2.05) is 0 Å². The number of nitrogens with zero attached hydrogens (tertiary/aromatic N) is 2. The molecule has 1 aromatic heterocycles. The highest BCUT2D eigenvalue weighted by atomic mass is 16.4. The van der Waals surface area contributed by atoms with Crippen LogP contribution in [0.3, 0.4) is 0 Å². The molecule has 0 N–H and O–H groups in total. The standard InChI is InChI=1S/C32H38N2O/c1-3-5-7-8-10-12-26-15-19-29(20-16-26)31-33-34-32(35-31)30-23-21-28(22-24-30)27-17-13-25(14-18-27)11-9-6-4-2/h13-24H,3-12H2,1-2H3. The lowest BCUT2D eigenvalue weighted by Gasteiger charge is -2.05. The Balaban J connectivity index is 1.35. The van der Waals surface area contributed by atoms with Gasteiger partial charge in [0.1, 0.15) is 0 Å². The number of benzene rings is 3. The monoisotopic (exact) mass is 466 g/mol. The van der Waals surface area contributed by atoms with Crippen molar-refractivity contribution in [1.29, 1.82) is 0 Å². The molecule has 3 heteroatoms. The highest BCUT2D eigenvalue weighted by Crippen LogP contribution is 2.27. The van der Waals surface area contributed by atoms with Crippen molar-refractivity contribution in [3.05, 3.63) is 83.9 Å². The maximum absolute atomic E-state index is 6.01. The number of hydrogen-bond acceptors (Lipinski definition) is 3. The summed E-state index contributed by atoms with van der Waals surface area (Å²) in [7, 11) is 0. The summed E-state index contributed by atoms with van der Waals surface area (Å²) in [5.74, 6) is 1.12. The quantitative estimate of drug-likeness (QED) is 0.184. The molecular formula is C32H38N2O.